The minimum atomic E-state index is -0.205. The van der Waals surface area contributed by atoms with Crippen LogP contribution < -0.4 is 10.6 Å². The lowest BCUT2D eigenvalue weighted by Gasteiger charge is -2.23. The lowest BCUT2D eigenvalue weighted by Crippen LogP contribution is -2.42. The van der Waals surface area contributed by atoms with Crippen molar-refractivity contribution in [3.63, 3.8) is 0 Å². The highest BCUT2D eigenvalue weighted by Gasteiger charge is 2.12. The van der Waals surface area contributed by atoms with Crippen molar-refractivity contribution < 1.29 is 9.13 Å². The van der Waals surface area contributed by atoms with Crippen LogP contribution in [0.15, 0.2) is 12.1 Å². The topological polar surface area (TPSA) is 33.3 Å². The zero-order chi connectivity index (χ0) is 13.7. The first-order chi connectivity index (χ1) is 9.16. The number of halogens is 2. The van der Waals surface area contributed by atoms with E-state index >= 15 is 0 Å². The fraction of sp³-hybridized carbons (Fsp3) is 0.571. The minimum Gasteiger partial charge on any atom is -0.379 e. The number of nitrogens with one attached hydrogen (secondary N) is 2. The lowest BCUT2D eigenvalue weighted by molar-refractivity contribution is 0.0742. The molecule has 3 nitrogen and oxygen atoms in total. The Morgan fingerprint density at radius 1 is 1.53 bits per heavy atom. The number of aryl methyl sites for hydroxylation is 1. The van der Waals surface area contributed by atoms with Gasteiger partial charge in [-0.1, -0.05) is 11.6 Å². The second-order valence-electron chi connectivity index (χ2n) is 4.88. The molecule has 1 aliphatic heterocycles. The van der Waals surface area contributed by atoms with Crippen LogP contribution in [0.2, 0.25) is 5.02 Å². The van der Waals surface area contributed by atoms with E-state index in [0.29, 0.717) is 23.2 Å². The summed E-state index contributed by atoms with van der Waals surface area (Å²) in [5, 5.41) is 7.30. The van der Waals surface area contributed by atoms with Crippen molar-refractivity contribution in [2.75, 3.05) is 26.3 Å². The zero-order valence-electron chi connectivity index (χ0n) is 11.1. The van der Waals surface area contributed by atoms with E-state index in [-0.39, 0.29) is 5.82 Å². The van der Waals surface area contributed by atoms with E-state index in [9.17, 15) is 4.39 Å². The molecule has 5 heteroatoms. The number of ether oxygens (including phenoxy) is 1. The van der Waals surface area contributed by atoms with Gasteiger partial charge in [0.25, 0.3) is 0 Å². The molecule has 1 aromatic carbocycles. The average molecular weight is 287 g/mol. The first-order valence-electron chi connectivity index (χ1n) is 6.63. The molecule has 1 aromatic rings. The molecule has 2 N–H and O–H groups in total. The van der Waals surface area contributed by atoms with E-state index < -0.39 is 0 Å². The SMILES string of the molecule is Cc1cc(Cl)c(CNCCC2COCCN2)cc1F. The van der Waals surface area contributed by atoms with Crippen LogP contribution in [-0.2, 0) is 11.3 Å². The zero-order valence-corrected chi connectivity index (χ0v) is 11.9. The van der Waals surface area contributed by atoms with Gasteiger partial charge in [-0.3, -0.25) is 0 Å². The molecule has 0 spiro atoms. The van der Waals surface area contributed by atoms with E-state index in [1.807, 2.05) is 0 Å². The number of hydrogen-bond donors (Lipinski definition) is 2. The van der Waals surface area contributed by atoms with Gasteiger partial charge in [0.05, 0.1) is 13.2 Å². The molecule has 0 aromatic heterocycles. The smallest absolute Gasteiger partial charge is 0.126 e. The number of benzene rings is 1. The predicted molar refractivity (Wildman–Crippen MR) is 75.1 cm³/mol. The monoisotopic (exact) mass is 286 g/mol. The van der Waals surface area contributed by atoms with Crippen molar-refractivity contribution in [2.24, 2.45) is 0 Å². The molecule has 1 heterocycles. The summed E-state index contributed by atoms with van der Waals surface area (Å²) in [6.45, 7) is 5.63. The van der Waals surface area contributed by atoms with Gasteiger partial charge < -0.3 is 15.4 Å². The van der Waals surface area contributed by atoms with Gasteiger partial charge in [0.1, 0.15) is 5.82 Å². The van der Waals surface area contributed by atoms with Gasteiger partial charge in [0, 0.05) is 24.2 Å². The van der Waals surface area contributed by atoms with Crippen LogP contribution in [-0.4, -0.2) is 32.3 Å². The highest BCUT2D eigenvalue weighted by molar-refractivity contribution is 6.31. The molecule has 0 bridgehead atoms. The maximum atomic E-state index is 13.4. The van der Waals surface area contributed by atoms with Gasteiger partial charge >= 0.3 is 0 Å². The van der Waals surface area contributed by atoms with E-state index in [1.54, 1.807) is 13.0 Å². The van der Waals surface area contributed by atoms with E-state index in [1.165, 1.54) is 6.07 Å². The largest absolute Gasteiger partial charge is 0.379 e. The maximum Gasteiger partial charge on any atom is 0.126 e. The van der Waals surface area contributed by atoms with Crippen molar-refractivity contribution in [1.29, 1.82) is 0 Å². The molecule has 1 atom stereocenters. The molecule has 1 aliphatic rings. The van der Waals surface area contributed by atoms with Gasteiger partial charge in [-0.15, -0.1) is 0 Å². The first kappa shape index (κ1) is 14.7. The van der Waals surface area contributed by atoms with Crippen LogP contribution in [0.25, 0.3) is 0 Å². The summed E-state index contributed by atoms with van der Waals surface area (Å²) >= 11 is 6.09. The number of morpholine rings is 1. The molecule has 2 rings (SSSR count). The van der Waals surface area contributed by atoms with E-state index in [2.05, 4.69) is 10.6 Å². The Hall–Kier alpha value is -0.680. The van der Waals surface area contributed by atoms with Crippen molar-refractivity contribution in [3.8, 4) is 0 Å². The Kier molecular flexibility index (Phi) is 5.58. The molecule has 1 unspecified atom stereocenters. The fourth-order valence-electron chi connectivity index (χ4n) is 2.13. The molecule has 1 fully saturated rings. The summed E-state index contributed by atoms with van der Waals surface area (Å²) < 4.78 is 18.8. The molecule has 0 aliphatic carbocycles. The quantitative estimate of drug-likeness (QED) is 0.815. The van der Waals surface area contributed by atoms with Crippen LogP contribution in [0.1, 0.15) is 17.5 Å². The van der Waals surface area contributed by atoms with Crippen molar-refractivity contribution >= 4 is 11.6 Å². The summed E-state index contributed by atoms with van der Waals surface area (Å²) in [6, 6.07) is 3.59. The Balaban J connectivity index is 1.74. The summed E-state index contributed by atoms with van der Waals surface area (Å²) in [5.74, 6) is -0.205. The molecule has 0 radical (unpaired) electrons. The second kappa shape index (κ2) is 7.20. The normalized spacial score (nSPS) is 19.6. The van der Waals surface area contributed by atoms with Gasteiger partial charge in [0.15, 0.2) is 0 Å². The Morgan fingerprint density at radius 2 is 2.37 bits per heavy atom. The molecule has 19 heavy (non-hydrogen) atoms. The van der Waals surface area contributed by atoms with Gasteiger partial charge in [0.2, 0.25) is 0 Å². The fourth-order valence-corrected chi connectivity index (χ4v) is 2.41. The summed E-state index contributed by atoms with van der Waals surface area (Å²) in [6.07, 6.45) is 0.992. The Morgan fingerprint density at radius 3 is 3.11 bits per heavy atom. The predicted octanol–water partition coefficient (Wildman–Crippen LogP) is 2.26. The third kappa shape index (κ3) is 4.42. The van der Waals surface area contributed by atoms with Crippen LogP contribution in [0.3, 0.4) is 0 Å². The first-order valence-corrected chi connectivity index (χ1v) is 7.01. The van der Waals surface area contributed by atoms with Crippen molar-refractivity contribution in [1.82, 2.24) is 10.6 Å². The van der Waals surface area contributed by atoms with E-state index in [0.717, 1.165) is 38.3 Å². The standard InChI is InChI=1S/C14H20ClFN2O/c1-10-6-13(15)11(7-14(10)16)8-17-3-2-12-9-19-5-4-18-12/h6-7,12,17-18H,2-5,8-9H2,1H3. The second-order valence-corrected chi connectivity index (χ2v) is 5.29. The van der Waals surface area contributed by atoms with Gasteiger partial charge in [-0.05, 0) is 43.1 Å². The van der Waals surface area contributed by atoms with Crippen LogP contribution in [0.4, 0.5) is 4.39 Å². The van der Waals surface area contributed by atoms with Gasteiger partial charge in [-0.25, -0.2) is 4.39 Å². The van der Waals surface area contributed by atoms with Crippen LogP contribution in [0.5, 0.6) is 0 Å². The van der Waals surface area contributed by atoms with E-state index in [4.69, 9.17) is 16.3 Å². The number of rotatable bonds is 5. The molecule has 0 amide bonds. The van der Waals surface area contributed by atoms with Gasteiger partial charge in [-0.2, -0.15) is 0 Å². The lowest BCUT2D eigenvalue weighted by atomic mass is 10.1. The Bertz CT molecular complexity index is 422. The van der Waals surface area contributed by atoms with Crippen molar-refractivity contribution in [2.45, 2.75) is 25.9 Å². The summed E-state index contributed by atoms with van der Waals surface area (Å²) in [7, 11) is 0. The average Bonchev–Trinajstić information content (AvgIpc) is 2.41. The van der Waals surface area contributed by atoms with Crippen LogP contribution >= 0.6 is 11.6 Å². The molecule has 1 saturated heterocycles. The van der Waals surface area contributed by atoms with Crippen LogP contribution in [0, 0.1) is 12.7 Å². The molecular formula is C14H20ClFN2O. The Labute approximate surface area is 118 Å². The summed E-state index contributed by atoms with van der Waals surface area (Å²) in [4.78, 5) is 0. The molecular weight excluding hydrogens is 267 g/mol. The number of hydrogen-bond acceptors (Lipinski definition) is 3. The highest BCUT2D eigenvalue weighted by Crippen LogP contribution is 2.20. The summed E-state index contributed by atoms with van der Waals surface area (Å²) in [5.41, 5.74) is 1.38. The third-order valence-corrected chi connectivity index (χ3v) is 3.66. The third-order valence-electron chi connectivity index (χ3n) is 3.31. The molecule has 106 valence electrons. The highest BCUT2D eigenvalue weighted by atomic mass is 35.5. The minimum absolute atomic E-state index is 0.205. The maximum absolute atomic E-state index is 13.4. The van der Waals surface area contributed by atoms with Crippen molar-refractivity contribution in [3.05, 3.63) is 34.1 Å². The molecule has 0 saturated carbocycles.